The van der Waals surface area contributed by atoms with Crippen LogP contribution in [0.25, 0.3) is 0 Å². The van der Waals surface area contributed by atoms with E-state index < -0.39 is 29.8 Å². The lowest BCUT2D eigenvalue weighted by Gasteiger charge is -2.24. The Labute approximate surface area is 496 Å². The van der Waals surface area contributed by atoms with Crippen LogP contribution in [0.2, 0.25) is 0 Å². The highest BCUT2D eigenvalue weighted by atomic mass is 79.9. The van der Waals surface area contributed by atoms with E-state index in [-0.39, 0.29) is 30.3 Å². The van der Waals surface area contributed by atoms with Gasteiger partial charge in [-0.05, 0) is 44.5 Å². The van der Waals surface area contributed by atoms with Gasteiger partial charge >= 0.3 is 0 Å². The van der Waals surface area contributed by atoms with Crippen molar-refractivity contribution in [2.24, 2.45) is 32.9 Å². The highest BCUT2D eigenvalue weighted by molar-refractivity contribution is 9.09. The van der Waals surface area contributed by atoms with Crippen LogP contribution in [-0.2, 0) is 14.4 Å². The van der Waals surface area contributed by atoms with Gasteiger partial charge in [-0.1, -0.05) is 319 Å². The highest BCUT2D eigenvalue weighted by Crippen LogP contribution is 2.33. The molecule has 10 rings (SSSR count). The zero-order valence-electron chi connectivity index (χ0n) is 45.1. The number of primary amides is 3. The second kappa shape index (κ2) is 33.3. The molecular weight excluding hydrogens is 1100 g/mol. The second-order valence-corrected chi connectivity index (χ2v) is 19.6. The zero-order chi connectivity index (χ0) is 57.0. The van der Waals surface area contributed by atoms with Crippen molar-refractivity contribution < 1.29 is 14.4 Å². The molecule has 0 radical (unpaired) electrons. The van der Waals surface area contributed by atoms with Crippen molar-refractivity contribution in [2.45, 2.75) is 34.8 Å². The molecular formula is C71H66BrClN6O3. The molecule has 0 bridgehead atoms. The van der Waals surface area contributed by atoms with Crippen LogP contribution in [0.4, 0.5) is 0 Å². The largest absolute Gasteiger partial charge is 0.368 e. The minimum absolute atomic E-state index is 0. The molecule has 0 aliphatic carbocycles. The number of halogens is 2. The van der Waals surface area contributed by atoms with Crippen molar-refractivity contribution in [3.05, 3.63) is 359 Å². The summed E-state index contributed by atoms with van der Waals surface area (Å²) in [5, 5.41) is 0. The Morgan fingerprint density at radius 2 is 0.610 bits per heavy atom. The Hall–Kier alpha value is -9.32. The topological polar surface area (TPSA) is 180 Å². The maximum Gasteiger partial charge on any atom is 0.259 e. The molecule has 0 saturated carbocycles. The van der Waals surface area contributed by atoms with E-state index in [1.54, 1.807) is 0 Å². The lowest BCUT2D eigenvalue weighted by atomic mass is 9.84. The Bertz CT molecular complexity index is 3290. The van der Waals surface area contributed by atoms with E-state index in [0.29, 0.717) is 4.83 Å². The number of hydrogen-bond acceptors (Lipinski definition) is 6. The van der Waals surface area contributed by atoms with Crippen LogP contribution in [0, 0.1) is 0 Å². The summed E-state index contributed by atoms with van der Waals surface area (Å²) < 4.78 is 0. The molecule has 0 spiro atoms. The fraction of sp³-hybridized carbons (Fsp3) is 0.0845. The van der Waals surface area contributed by atoms with E-state index in [4.69, 9.17) is 27.9 Å². The van der Waals surface area contributed by atoms with Gasteiger partial charge in [0.1, 0.15) is 12.1 Å². The van der Waals surface area contributed by atoms with Gasteiger partial charge in [0.2, 0.25) is 11.8 Å². The number of carbonyl (C=O) groups excluding carboxylic acids is 3. The summed E-state index contributed by atoms with van der Waals surface area (Å²) in [6, 6.07) is 97.9. The lowest BCUT2D eigenvalue weighted by Crippen LogP contribution is -2.41. The van der Waals surface area contributed by atoms with E-state index in [2.05, 4.69) is 69.5 Å². The van der Waals surface area contributed by atoms with Crippen LogP contribution in [0.3, 0.4) is 0 Å². The van der Waals surface area contributed by atoms with Crippen LogP contribution < -0.4 is 22.9 Å². The molecule has 11 heteroatoms. The summed E-state index contributed by atoms with van der Waals surface area (Å²) in [6.07, 6.45) is 1.17. The first-order chi connectivity index (χ1) is 39.6. The predicted octanol–water partition coefficient (Wildman–Crippen LogP) is 13.8. The molecule has 0 saturated heterocycles. The van der Waals surface area contributed by atoms with Crippen molar-refractivity contribution in [1.29, 1.82) is 0 Å². The fourth-order valence-corrected chi connectivity index (χ4v) is 9.75. The summed E-state index contributed by atoms with van der Waals surface area (Å²) in [4.78, 5) is 44.6. The summed E-state index contributed by atoms with van der Waals surface area (Å²) >= 11 is 3.69. The van der Waals surface area contributed by atoms with Gasteiger partial charge in [0.15, 0.2) is 0 Å². The molecule has 9 nitrogen and oxygen atoms in total. The predicted molar refractivity (Wildman–Crippen MR) is 341 cm³/mol. The third kappa shape index (κ3) is 18.6. The fourth-order valence-electron chi connectivity index (χ4n) is 9.14. The average molecular weight is 1170 g/mol. The van der Waals surface area contributed by atoms with E-state index in [1.165, 1.54) is 17.3 Å². The lowest BCUT2D eigenvalue weighted by molar-refractivity contribution is -0.120. The van der Waals surface area contributed by atoms with Crippen molar-refractivity contribution >= 4 is 58.0 Å². The third-order valence-corrected chi connectivity index (χ3v) is 14.1. The van der Waals surface area contributed by atoms with Crippen molar-refractivity contribution in [3.63, 3.8) is 0 Å². The number of alkyl halides is 1. The Morgan fingerprint density at radius 1 is 0.354 bits per heavy atom. The van der Waals surface area contributed by atoms with E-state index in [1.807, 2.05) is 255 Å². The first kappa shape index (κ1) is 61.9. The molecule has 2 unspecified atom stereocenters. The number of amides is 3. The van der Waals surface area contributed by atoms with Gasteiger partial charge in [-0.3, -0.25) is 24.4 Å². The van der Waals surface area contributed by atoms with Gasteiger partial charge in [0, 0.05) is 23.0 Å². The molecule has 10 aromatic rings. The monoisotopic (exact) mass is 1160 g/mol. The van der Waals surface area contributed by atoms with E-state index in [0.717, 1.165) is 50.2 Å². The maximum absolute atomic E-state index is 12.8. The first-order valence-electron chi connectivity index (χ1n) is 26.5. The maximum atomic E-state index is 12.8. The second-order valence-electron chi connectivity index (χ2n) is 18.7. The number of carbonyl (C=O) groups is 3. The van der Waals surface area contributed by atoms with Crippen LogP contribution in [-0.4, -0.2) is 41.7 Å². The number of nitrogens with zero attached hydrogens (tertiary/aromatic N) is 2. The number of hydrogen-bond donors (Lipinski definition) is 4. The summed E-state index contributed by atoms with van der Waals surface area (Å²) in [7, 11) is 0. The SMILES string of the molecule is BrC(c1ccccc1)c1ccccc1.Cl.NC(=O)C(N)C(c1ccccc1)c1ccccc1.NC(=O)C(N=C(c1ccccc1)c1ccccc1)C(c1ccccc1)c1ccccc1.NC(=O)C=NC(c1ccccc1)c1ccccc1. The van der Waals surface area contributed by atoms with Gasteiger partial charge < -0.3 is 22.9 Å². The molecule has 82 heavy (non-hydrogen) atoms. The molecule has 0 aromatic heterocycles. The van der Waals surface area contributed by atoms with Gasteiger partial charge in [-0.2, -0.15) is 0 Å². The quantitative estimate of drug-likeness (QED) is 0.0524. The Balaban J connectivity index is 0.000000184. The summed E-state index contributed by atoms with van der Waals surface area (Å²) in [5.74, 6) is -1.98. The zero-order valence-corrected chi connectivity index (χ0v) is 47.5. The number of rotatable bonds is 17. The van der Waals surface area contributed by atoms with Gasteiger partial charge in [-0.15, -0.1) is 12.4 Å². The smallest absolute Gasteiger partial charge is 0.259 e. The molecule has 3 amide bonds. The number of nitrogens with two attached hydrogens (primary N) is 4. The molecule has 0 fully saturated rings. The van der Waals surface area contributed by atoms with Crippen molar-refractivity contribution in [1.82, 2.24) is 0 Å². The van der Waals surface area contributed by atoms with E-state index >= 15 is 0 Å². The van der Waals surface area contributed by atoms with Crippen LogP contribution >= 0.6 is 28.3 Å². The molecule has 10 aromatic carbocycles. The van der Waals surface area contributed by atoms with Gasteiger partial charge in [0.25, 0.3) is 5.91 Å². The summed E-state index contributed by atoms with van der Waals surface area (Å²) in [6.45, 7) is 0. The first-order valence-corrected chi connectivity index (χ1v) is 27.4. The van der Waals surface area contributed by atoms with Crippen LogP contribution in [0.1, 0.15) is 78.3 Å². The van der Waals surface area contributed by atoms with Crippen LogP contribution in [0.15, 0.2) is 313 Å². The van der Waals surface area contributed by atoms with Crippen LogP contribution in [0.5, 0.6) is 0 Å². The van der Waals surface area contributed by atoms with E-state index in [9.17, 15) is 14.4 Å². The molecule has 0 aliphatic rings. The number of aliphatic imine (C=N–C) groups is 2. The highest BCUT2D eigenvalue weighted by Gasteiger charge is 2.30. The summed E-state index contributed by atoms with van der Waals surface area (Å²) in [5.41, 5.74) is 33.7. The Kier molecular flexibility index (Phi) is 25.1. The minimum Gasteiger partial charge on any atom is -0.368 e. The van der Waals surface area contributed by atoms with Crippen molar-refractivity contribution in [3.8, 4) is 0 Å². The number of benzene rings is 10. The molecule has 0 heterocycles. The van der Waals surface area contributed by atoms with Crippen molar-refractivity contribution in [2.75, 3.05) is 0 Å². The molecule has 2 atom stereocenters. The van der Waals surface area contributed by atoms with Gasteiger partial charge in [-0.25, -0.2) is 0 Å². The molecule has 412 valence electrons. The molecule has 0 aliphatic heterocycles. The third-order valence-electron chi connectivity index (χ3n) is 13.1. The average Bonchev–Trinajstić information content (AvgIpc) is 3.56. The Morgan fingerprint density at radius 3 is 0.878 bits per heavy atom. The normalized spacial score (nSPS) is 11.3. The van der Waals surface area contributed by atoms with Gasteiger partial charge in [0.05, 0.1) is 22.8 Å². The standard InChI is InChI=1S/C28H24N2O.C15H14N2O.C15H16N2O.C13H11Br.ClH/c29-28(31)27(25(21-13-5-1-6-14-21)22-15-7-2-8-16-22)30-26(23-17-9-3-10-18-23)24-19-11-4-12-20-24;16-14(18)11-17-15(12-7-3-1-4-8-12)13-9-5-2-6-10-13;16-14(15(17)18)13(11-7-3-1-4-8-11)12-9-5-2-6-10-12;14-13(11-7-3-1-4-8-11)12-9-5-2-6-10-12;/h1-20,25,27H,(H2,29,31);1-11,15H,(H2,16,18);1-10,13-14H,16H2,(H2,17,18);1-10,13H;1H. The minimum atomic E-state index is -0.764. The molecule has 8 N–H and O–H groups in total.